The normalized spacial score (nSPS) is 17.2. The molecule has 1 unspecified atom stereocenters. The summed E-state index contributed by atoms with van der Waals surface area (Å²) in [4.78, 5) is 6.70. The van der Waals surface area contributed by atoms with Crippen molar-refractivity contribution in [2.75, 3.05) is 38.7 Å². The molecule has 1 saturated heterocycles. The van der Waals surface area contributed by atoms with Gasteiger partial charge < -0.3 is 24.8 Å². The second-order valence-electron chi connectivity index (χ2n) is 7.45. The number of anilines is 1. The van der Waals surface area contributed by atoms with Gasteiger partial charge in [-0.15, -0.1) is 0 Å². The van der Waals surface area contributed by atoms with Gasteiger partial charge in [-0.2, -0.15) is 0 Å². The van der Waals surface area contributed by atoms with Gasteiger partial charge in [0.2, 0.25) is 0 Å². The summed E-state index contributed by atoms with van der Waals surface area (Å²) in [5.41, 5.74) is 2.14. The predicted octanol–water partition coefficient (Wildman–Crippen LogP) is 3.00. The van der Waals surface area contributed by atoms with E-state index in [0.29, 0.717) is 18.4 Å². The van der Waals surface area contributed by atoms with Gasteiger partial charge in [0.15, 0.2) is 11.7 Å². The molecule has 2 N–H and O–H groups in total. The Labute approximate surface area is 167 Å². The molecule has 1 atom stereocenters. The van der Waals surface area contributed by atoms with E-state index in [-0.39, 0.29) is 0 Å². The minimum absolute atomic E-state index is 0.364. The highest BCUT2D eigenvalue weighted by Gasteiger charge is 2.24. The molecule has 0 amide bonds. The summed E-state index contributed by atoms with van der Waals surface area (Å²) in [7, 11) is 3.51. The van der Waals surface area contributed by atoms with Crippen LogP contribution in [0.1, 0.15) is 37.6 Å². The van der Waals surface area contributed by atoms with Gasteiger partial charge in [0.05, 0.1) is 25.0 Å². The fourth-order valence-corrected chi connectivity index (χ4v) is 3.43. The molecule has 0 radical (unpaired) electrons. The highest BCUT2D eigenvalue weighted by atomic mass is 16.5. The van der Waals surface area contributed by atoms with Gasteiger partial charge in [0.1, 0.15) is 5.75 Å². The molecule has 1 aliphatic rings. The fraction of sp³-hybridized carbons (Fsp3) is 0.524. The topological polar surface area (TPSA) is 74.9 Å². The first-order valence-electron chi connectivity index (χ1n) is 9.88. The summed E-state index contributed by atoms with van der Waals surface area (Å²) in [5, 5.41) is 10.8. The monoisotopic (exact) mass is 385 g/mol. The first-order valence-corrected chi connectivity index (χ1v) is 9.88. The predicted molar refractivity (Wildman–Crippen MR) is 112 cm³/mol. The van der Waals surface area contributed by atoms with Crippen molar-refractivity contribution < 1.29 is 9.26 Å². The van der Waals surface area contributed by atoms with Gasteiger partial charge in [-0.05, 0) is 30.4 Å². The van der Waals surface area contributed by atoms with Crippen molar-refractivity contribution in [2.24, 2.45) is 10.9 Å². The lowest BCUT2D eigenvalue weighted by molar-refractivity contribution is 0.371. The van der Waals surface area contributed by atoms with E-state index in [4.69, 9.17) is 9.26 Å². The highest BCUT2D eigenvalue weighted by Crippen LogP contribution is 2.31. The molecule has 7 nitrogen and oxygen atoms in total. The van der Waals surface area contributed by atoms with E-state index >= 15 is 0 Å². The third kappa shape index (κ3) is 4.97. The number of ether oxygens (including phenoxy) is 1. The van der Waals surface area contributed by atoms with Crippen molar-refractivity contribution >= 4 is 11.6 Å². The van der Waals surface area contributed by atoms with Crippen LogP contribution in [0.5, 0.6) is 5.75 Å². The van der Waals surface area contributed by atoms with Crippen LogP contribution in [0.25, 0.3) is 0 Å². The number of benzene rings is 1. The van der Waals surface area contributed by atoms with E-state index in [1.807, 2.05) is 18.2 Å². The molecule has 152 valence electrons. The van der Waals surface area contributed by atoms with E-state index in [1.165, 1.54) is 5.69 Å². The summed E-state index contributed by atoms with van der Waals surface area (Å²) in [6.45, 7) is 7.69. The average molecular weight is 386 g/mol. The molecule has 7 heteroatoms. The summed E-state index contributed by atoms with van der Waals surface area (Å²) >= 11 is 0. The molecule has 2 aromatic rings. The molecule has 1 aliphatic heterocycles. The van der Waals surface area contributed by atoms with Crippen LogP contribution in [0.4, 0.5) is 5.69 Å². The Bertz CT molecular complexity index is 787. The van der Waals surface area contributed by atoms with Gasteiger partial charge in [-0.25, -0.2) is 0 Å². The second kappa shape index (κ2) is 9.48. The third-order valence-corrected chi connectivity index (χ3v) is 5.09. The van der Waals surface area contributed by atoms with E-state index in [2.05, 4.69) is 51.7 Å². The quantitative estimate of drug-likeness (QED) is 0.564. The maximum atomic E-state index is 5.50. The highest BCUT2D eigenvalue weighted by molar-refractivity contribution is 5.79. The average Bonchev–Trinajstić information content (AvgIpc) is 3.38. The van der Waals surface area contributed by atoms with E-state index in [9.17, 15) is 0 Å². The molecule has 1 aromatic heterocycles. The number of nitrogens with zero attached hydrogens (tertiary/aromatic N) is 3. The van der Waals surface area contributed by atoms with Crippen LogP contribution in [0.2, 0.25) is 0 Å². The SMILES string of the molecule is CN=C(NCc1cc(C(C)C)no1)NCC1CCN(c2ccccc2OC)C1. The second-order valence-corrected chi connectivity index (χ2v) is 7.45. The Kier molecular flexibility index (Phi) is 6.79. The van der Waals surface area contributed by atoms with Gasteiger partial charge >= 0.3 is 0 Å². The van der Waals surface area contributed by atoms with Crippen LogP contribution < -0.4 is 20.3 Å². The molecule has 0 saturated carbocycles. The Balaban J connectivity index is 1.46. The van der Waals surface area contributed by atoms with Crippen LogP contribution >= 0.6 is 0 Å². The number of hydrogen-bond donors (Lipinski definition) is 2. The van der Waals surface area contributed by atoms with Crippen LogP contribution in [0.15, 0.2) is 39.8 Å². The molecule has 2 heterocycles. The van der Waals surface area contributed by atoms with Gasteiger partial charge in [0.25, 0.3) is 0 Å². The van der Waals surface area contributed by atoms with E-state index in [1.54, 1.807) is 14.2 Å². The summed E-state index contributed by atoms with van der Waals surface area (Å²) in [6, 6.07) is 10.2. The van der Waals surface area contributed by atoms with Crippen molar-refractivity contribution in [3.63, 3.8) is 0 Å². The van der Waals surface area contributed by atoms with Crippen molar-refractivity contribution in [1.29, 1.82) is 0 Å². The third-order valence-electron chi connectivity index (χ3n) is 5.09. The number of rotatable bonds is 7. The standard InChI is InChI=1S/C21H31N5O2/c1-15(2)18-11-17(28-25-18)13-24-21(22-3)23-12-16-9-10-26(14-16)19-7-5-6-8-20(19)27-4/h5-8,11,15-16H,9-10,12-14H2,1-4H3,(H2,22,23,24). The first kappa shape index (κ1) is 20.0. The molecular weight excluding hydrogens is 354 g/mol. The Morgan fingerprint density at radius 1 is 1.36 bits per heavy atom. The van der Waals surface area contributed by atoms with Crippen LogP contribution in [-0.4, -0.2) is 44.9 Å². The van der Waals surface area contributed by atoms with Crippen molar-refractivity contribution in [1.82, 2.24) is 15.8 Å². The van der Waals surface area contributed by atoms with Crippen LogP contribution in [0.3, 0.4) is 0 Å². The number of aromatic nitrogens is 1. The van der Waals surface area contributed by atoms with Crippen molar-refractivity contribution in [2.45, 2.75) is 32.7 Å². The lowest BCUT2D eigenvalue weighted by Crippen LogP contribution is -2.39. The molecule has 3 rings (SSSR count). The Hall–Kier alpha value is -2.70. The van der Waals surface area contributed by atoms with Crippen molar-refractivity contribution in [3.05, 3.63) is 41.8 Å². The Morgan fingerprint density at radius 2 is 2.18 bits per heavy atom. The van der Waals surface area contributed by atoms with E-state index in [0.717, 1.165) is 49.2 Å². The molecule has 1 fully saturated rings. The Morgan fingerprint density at radius 3 is 2.89 bits per heavy atom. The molecular formula is C21H31N5O2. The number of guanidine groups is 1. The molecule has 0 spiro atoms. The fourth-order valence-electron chi connectivity index (χ4n) is 3.43. The number of hydrogen-bond acceptors (Lipinski definition) is 5. The molecule has 0 aliphatic carbocycles. The number of nitrogens with one attached hydrogen (secondary N) is 2. The molecule has 28 heavy (non-hydrogen) atoms. The van der Waals surface area contributed by atoms with Gasteiger partial charge in [0, 0.05) is 32.7 Å². The lowest BCUT2D eigenvalue weighted by Gasteiger charge is -2.21. The molecule has 1 aromatic carbocycles. The van der Waals surface area contributed by atoms with Gasteiger partial charge in [-0.1, -0.05) is 31.1 Å². The number of aliphatic imine (C=N–C) groups is 1. The summed E-state index contributed by atoms with van der Waals surface area (Å²) in [6.07, 6.45) is 1.14. The zero-order valence-corrected chi connectivity index (χ0v) is 17.2. The maximum absolute atomic E-state index is 5.50. The number of methoxy groups -OCH3 is 1. The lowest BCUT2D eigenvalue weighted by atomic mass is 10.1. The summed E-state index contributed by atoms with van der Waals surface area (Å²) in [5.74, 6) is 3.44. The van der Waals surface area contributed by atoms with Crippen LogP contribution in [0, 0.1) is 5.92 Å². The van der Waals surface area contributed by atoms with Gasteiger partial charge in [-0.3, -0.25) is 4.99 Å². The van der Waals surface area contributed by atoms with E-state index < -0.39 is 0 Å². The van der Waals surface area contributed by atoms with Crippen LogP contribution in [-0.2, 0) is 6.54 Å². The zero-order chi connectivity index (χ0) is 19.9. The smallest absolute Gasteiger partial charge is 0.191 e. The number of para-hydroxylation sites is 2. The molecule has 0 bridgehead atoms. The maximum Gasteiger partial charge on any atom is 0.191 e. The largest absolute Gasteiger partial charge is 0.495 e. The minimum atomic E-state index is 0.364. The zero-order valence-electron chi connectivity index (χ0n) is 17.2. The minimum Gasteiger partial charge on any atom is -0.495 e. The van der Waals surface area contributed by atoms with Crippen molar-refractivity contribution in [3.8, 4) is 5.75 Å². The summed E-state index contributed by atoms with van der Waals surface area (Å²) < 4.78 is 10.9. The first-order chi connectivity index (χ1) is 13.6.